The monoisotopic (exact) mass is 530 g/mol. The van der Waals surface area contributed by atoms with E-state index in [1.165, 1.54) is 0 Å². The SMILES string of the molecule is CCCOc1ccc(-c2nn(-c3ccccc3)cc2C=NNC(=O)c2ccc(OCc3ccccc3)cc2)cc1. The van der Waals surface area contributed by atoms with Gasteiger partial charge in [-0.05, 0) is 72.6 Å². The minimum absolute atomic E-state index is 0.319. The Labute approximate surface area is 233 Å². The van der Waals surface area contributed by atoms with Crippen molar-refractivity contribution in [1.29, 1.82) is 0 Å². The first kappa shape index (κ1) is 26.4. The number of hydrogen-bond acceptors (Lipinski definition) is 5. The standard InChI is InChI=1S/C33H30N4O3/c1-2-21-39-30-17-13-26(14-18-30)32-28(23-37(36-32)29-11-7-4-8-12-29)22-34-35-33(38)27-15-19-31(20-16-27)40-24-25-9-5-3-6-10-25/h3-20,22-23H,2,21,24H2,1H3,(H,35,38). The van der Waals surface area contributed by atoms with Crippen LogP contribution in [0.5, 0.6) is 11.5 Å². The third kappa shape index (κ3) is 6.82. The molecule has 40 heavy (non-hydrogen) atoms. The van der Waals surface area contributed by atoms with Gasteiger partial charge in [0, 0.05) is 22.9 Å². The molecule has 1 amide bonds. The molecule has 0 fully saturated rings. The summed E-state index contributed by atoms with van der Waals surface area (Å²) < 4.78 is 13.3. The second-order valence-corrected chi connectivity index (χ2v) is 9.08. The number of carbonyl (C=O) groups is 1. The molecular weight excluding hydrogens is 500 g/mol. The van der Waals surface area contributed by atoms with Crippen molar-refractivity contribution in [2.24, 2.45) is 5.10 Å². The van der Waals surface area contributed by atoms with Gasteiger partial charge in [-0.2, -0.15) is 10.2 Å². The number of ether oxygens (including phenoxy) is 2. The van der Waals surface area contributed by atoms with Crippen LogP contribution in [0.4, 0.5) is 0 Å². The molecule has 0 bridgehead atoms. The largest absolute Gasteiger partial charge is 0.494 e. The maximum Gasteiger partial charge on any atom is 0.271 e. The zero-order chi connectivity index (χ0) is 27.6. The molecule has 0 aliphatic carbocycles. The molecule has 0 spiro atoms. The number of nitrogens with zero attached hydrogens (tertiary/aromatic N) is 3. The van der Waals surface area contributed by atoms with Crippen LogP contribution in [-0.2, 0) is 6.61 Å². The molecule has 5 rings (SSSR count). The third-order valence-corrected chi connectivity index (χ3v) is 6.10. The number of nitrogens with one attached hydrogen (secondary N) is 1. The number of amides is 1. The molecule has 200 valence electrons. The lowest BCUT2D eigenvalue weighted by Gasteiger charge is -2.07. The zero-order valence-electron chi connectivity index (χ0n) is 22.2. The molecule has 1 heterocycles. The smallest absolute Gasteiger partial charge is 0.271 e. The minimum Gasteiger partial charge on any atom is -0.494 e. The average Bonchev–Trinajstić information content (AvgIpc) is 3.44. The second kappa shape index (κ2) is 13.1. The van der Waals surface area contributed by atoms with Crippen LogP contribution in [0, 0.1) is 0 Å². The molecule has 1 aromatic heterocycles. The van der Waals surface area contributed by atoms with Crippen LogP contribution in [0.1, 0.15) is 34.8 Å². The van der Waals surface area contributed by atoms with Crippen molar-refractivity contribution in [2.75, 3.05) is 6.61 Å². The molecule has 0 saturated heterocycles. The summed E-state index contributed by atoms with van der Waals surface area (Å²) in [7, 11) is 0. The lowest BCUT2D eigenvalue weighted by molar-refractivity contribution is 0.0955. The van der Waals surface area contributed by atoms with Crippen LogP contribution in [0.15, 0.2) is 120 Å². The van der Waals surface area contributed by atoms with E-state index in [1.807, 2.05) is 91.1 Å². The van der Waals surface area contributed by atoms with E-state index in [2.05, 4.69) is 17.5 Å². The molecule has 5 aromatic rings. The fourth-order valence-corrected chi connectivity index (χ4v) is 4.02. The van der Waals surface area contributed by atoms with Gasteiger partial charge in [0.15, 0.2) is 0 Å². The Morgan fingerprint density at radius 2 is 1.50 bits per heavy atom. The van der Waals surface area contributed by atoms with Gasteiger partial charge in [0.25, 0.3) is 5.91 Å². The summed E-state index contributed by atoms with van der Waals surface area (Å²) in [5, 5.41) is 9.04. The van der Waals surface area contributed by atoms with Crippen LogP contribution in [-0.4, -0.2) is 28.5 Å². The van der Waals surface area contributed by atoms with Crippen LogP contribution in [0.3, 0.4) is 0 Å². The quantitative estimate of drug-likeness (QED) is 0.153. The third-order valence-electron chi connectivity index (χ3n) is 6.10. The summed E-state index contributed by atoms with van der Waals surface area (Å²) in [5.74, 6) is 1.18. The molecule has 0 aliphatic heterocycles. The summed E-state index contributed by atoms with van der Waals surface area (Å²) in [6, 6.07) is 34.6. The zero-order valence-corrected chi connectivity index (χ0v) is 22.2. The molecule has 0 saturated carbocycles. The normalized spacial score (nSPS) is 10.9. The summed E-state index contributed by atoms with van der Waals surface area (Å²) in [6.07, 6.45) is 4.45. The van der Waals surface area contributed by atoms with E-state index in [4.69, 9.17) is 14.6 Å². The van der Waals surface area contributed by atoms with E-state index in [9.17, 15) is 4.79 Å². The molecule has 7 heteroatoms. The number of aromatic nitrogens is 2. The maximum atomic E-state index is 12.7. The molecule has 0 unspecified atom stereocenters. The summed E-state index contributed by atoms with van der Waals surface area (Å²) in [6.45, 7) is 3.21. The van der Waals surface area contributed by atoms with E-state index in [0.29, 0.717) is 24.5 Å². The average molecular weight is 531 g/mol. The fraction of sp³-hybridized carbons (Fsp3) is 0.121. The Morgan fingerprint density at radius 1 is 0.850 bits per heavy atom. The first-order chi connectivity index (χ1) is 19.7. The predicted molar refractivity (Wildman–Crippen MR) is 157 cm³/mol. The Kier molecular flexibility index (Phi) is 8.63. The van der Waals surface area contributed by atoms with Gasteiger partial charge in [0.1, 0.15) is 23.8 Å². The fourth-order valence-electron chi connectivity index (χ4n) is 4.02. The first-order valence-corrected chi connectivity index (χ1v) is 13.2. The van der Waals surface area contributed by atoms with Gasteiger partial charge in [-0.25, -0.2) is 10.1 Å². The highest BCUT2D eigenvalue weighted by Crippen LogP contribution is 2.25. The topological polar surface area (TPSA) is 77.7 Å². The van der Waals surface area contributed by atoms with Crippen molar-refractivity contribution >= 4 is 12.1 Å². The first-order valence-electron chi connectivity index (χ1n) is 13.2. The van der Waals surface area contributed by atoms with Crippen LogP contribution in [0.2, 0.25) is 0 Å². The molecule has 1 N–H and O–H groups in total. The predicted octanol–water partition coefficient (Wildman–Crippen LogP) is 6.67. The molecule has 0 atom stereocenters. The van der Waals surface area contributed by atoms with Crippen molar-refractivity contribution in [2.45, 2.75) is 20.0 Å². The van der Waals surface area contributed by atoms with Crippen molar-refractivity contribution in [1.82, 2.24) is 15.2 Å². The lowest BCUT2D eigenvalue weighted by atomic mass is 10.1. The van der Waals surface area contributed by atoms with Crippen LogP contribution >= 0.6 is 0 Å². The highest BCUT2D eigenvalue weighted by Gasteiger charge is 2.12. The van der Waals surface area contributed by atoms with Gasteiger partial charge in [-0.1, -0.05) is 55.5 Å². The molecule has 0 aliphatic rings. The number of benzene rings is 4. The Morgan fingerprint density at radius 3 is 2.20 bits per heavy atom. The molecular formula is C33H30N4O3. The van der Waals surface area contributed by atoms with Crippen molar-refractivity contribution in [3.63, 3.8) is 0 Å². The van der Waals surface area contributed by atoms with Crippen molar-refractivity contribution < 1.29 is 14.3 Å². The van der Waals surface area contributed by atoms with E-state index < -0.39 is 0 Å². The van der Waals surface area contributed by atoms with E-state index >= 15 is 0 Å². The number of hydrazone groups is 1. The van der Waals surface area contributed by atoms with E-state index in [-0.39, 0.29) is 5.91 Å². The van der Waals surface area contributed by atoms with Crippen LogP contribution in [0.25, 0.3) is 16.9 Å². The second-order valence-electron chi connectivity index (χ2n) is 9.08. The number of para-hydroxylation sites is 1. The van der Waals surface area contributed by atoms with Crippen LogP contribution < -0.4 is 14.9 Å². The molecule has 4 aromatic carbocycles. The van der Waals surface area contributed by atoms with Crippen molar-refractivity contribution in [3.05, 3.63) is 132 Å². The highest BCUT2D eigenvalue weighted by atomic mass is 16.5. The maximum absolute atomic E-state index is 12.7. The Hall–Kier alpha value is -5.17. The van der Waals surface area contributed by atoms with Crippen molar-refractivity contribution in [3.8, 4) is 28.4 Å². The van der Waals surface area contributed by atoms with Gasteiger partial charge < -0.3 is 9.47 Å². The Balaban J connectivity index is 1.28. The van der Waals surface area contributed by atoms with Gasteiger partial charge in [0.2, 0.25) is 0 Å². The van der Waals surface area contributed by atoms with Gasteiger partial charge in [0.05, 0.1) is 18.5 Å². The van der Waals surface area contributed by atoms with Gasteiger partial charge >= 0.3 is 0 Å². The number of rotatable bonds is 11. The van der Waals surface area contributed by atoms with E-state index in [1.54, 1.807) is 35.2 Å². The number of carbonyl (C=O) groups excluding carboxylic acids is 1. The summed E-state index contributed by atoms with van der Waals surface area (Å²) >= 11 is 0. The van der Waals surface area contributed by atoms with E-state index in [0.717, 1.165) is 40.2 Å². The summed E-state index contributed by atoms with van der Waals surface area (Å²) in [5.41, 5.74) is 7.51. The Bertz CT molecular complexity index is 1550. The minimum atomic E-state index is -0.319. The lowest BCUT2D eigenvalue weighted by Crippen LogP contribution is -2.17. The van der Waals surface area contributed by atoms with Gasteiger partial charge in [-0.15, -0.1) is 0 Å². The molecule has 7 nitrogen and oxygen atoms in total. The highest BCUT2D eigenvalue weighted by molar-refractivity contribution is 5.95. The van der Waals surface area contributed by atoms with Gasteiger partial charge in [-0.3, -0.25) is 4.79 Å². The summed E-state index contributed by atoms with van der Waals surface area (Å²) in [4.78, 5) is 12.7. The number of hydrogen-bond donors (Lipinski definition) is 1. The molecule has 0 radical (unpaired) electrons.